The number of benzene rings is 1. The van der Waals surface area contributed by atoms with Crippen LogP contribution >= 0.6 is 0 Å². The van der Waals surface area contributed by atoms with Gasteiger partial charge in [0.25, 0.3) is 0 Å². The molecule has 0 aliphatic carbocycles. The van der Waals surface area contributed by atoms with Gasteiger partial charge < -0.3 is 10.5 Å². The lowest BCUT2D eigenvalue weighted by Gasteiger charge is -2.12. The number of imidazole rings is 1. The predicted octanol–water partition coefficient (Wildman–Crippen LogP) is 1.84. The van der Waals surface area contributed by atoms with E-state index in [1.165, 1.54) is 5.56 Å². The van der Waals surface area contributed by atoms with Crippen LogP contribution in [0.15, 0.2) is 24.3 Å². The maximum atomic E-state index is 6.14. The molecule has 3 rings (SSSR count). The minimum Gasteiger partial charge on any atom is -0.384 e. The summed E-state index contributed by atoms with van der Waals surface area (Å²) in [6.07, 6.45) is 0.822. The summed E-state index contributed by atoms with van der Waals surface area (Å²) in [5.74, 6) is 0.478. The molecule has 0 fully saturated rings. The van der Waals surface area contributed by atoms with Crippen LogP contribution in [-0.4, -0.2) is 33.0 Å². The fraction of sp³-hybridized carbons (Fsp3) is 0.333. The number of hydrogen-bond acceptors (Lipinski definition) is 4. The number of methoxy groups -OCH3 is 1. The van der Waals surface area contributed by atoms with Crippen LogP contribution < -0.4 is 5.73 Å². The highest BCUT2D eigenvalue weighted by Crippen LogP contribution is 2.26. The van der Waals surface area contributed by atoms with Gasteiger partial charge in [0.1, 0.15) is 5.52 Å². The van der Waals surface area contributed by atoms with Gasteiger partial charge in [0.05, 0.1) is 18.0 Å². The standard InChI is InChI=1S/C15H19N5O/c1-10-13-14(19(2)18-10)20(15(16)17-13)12-7-5-4-6-11(12)8-9-21-3/h4-7H,8-9H2,1-3H3,(H2,16,17). The molecule has 0 unspecified atom stereocenters. The Morgan fingerprint density at radius 2 is 2.05 bits per heavy atom. The van der Waals surface area contributed by atoms with E-state index in [0.717, 1.165) is 29.0 Å². The Kier molecular flexibility index (Phi) is 3.39. The molecule has 0 amide bonds. The van der Waals surface area contributed by atoms with E-state index in [4.69, 9.17) is 10.5 Å². The number of para-hydroxylation sites is 1. The van der Waals surface area contributed by atoms with Gasteiger partial charge in [0, 0.05) is 14.2 Å². The average Bonchev–Trinajstić information content (AvgIpc) is 2.95. The summed E-state index contributed by atoms with van der Waals surface area (Å²) in [5, 5.41) is 4.42. The van der Waals surface area contributed by atoms with Crippen LogP contribution in [0, 0.1) is 6.92 Å². The molecule has 0 aliphatic rings. The van der Waals surface area contributed by atoms with E-state index in [1.54, 1.807) is 7.11 Å². The van der Waals surface area contributed by atoms with Gasteiger partial charge >= 0.3 is 0 Å². The van der Waals surface area contributed by atoms with Crippen LogP contribution in [0.5, 0.6) is 0 Å². The SMILES string of the molecule is COCCc1ccccc1-n1c(N)nc2c(C)nn(C)c21. The zero-order valence-corrected chi connectivity index (χ0v) is 12.5. The zero-order chi connectivity index (χ0) is 15.0. The fourth-order valence-corrected chi connectivity index (χ4v) is 2.68. The molecule has 2 heterocycles. The lowest BCUT2D eigenvalue weighted by atomic mass is 10.1. The highest BCUT2D eigenvalue weighted by atomic mass is 16.5. The summed E-state index contributed by atoms with van der Waals surface area (Å²) in [7, 11) is 3.61. The molecular weight excluding hydrogens is 266 g/mol. The van der Waals surface area contributed by atoms with Gasteiger partial charge in [-0.2, -0.15) is 5.10 Å². The molecule has 6 heteroatoms. The molecule has 21 heavy (non-hydrogen) atoms. The van der Waals surface area contributed by atoms with Gasteiger partial charge in [-0.25, -0.2) is 9.67 Å². The summed E-state index contributed by atoms with van der Waals surface area (Å²) in [6, 6.07) is 8.15. The molecule has 3 aromatic rings. The first-order chi connectivity index (χ1) is 10.1. The summed E-state index contributed by atoms with van der Waals surface area (Å²) in [5.41, 5.74) is 11.0. The van der Waals surface area contributed by atoms with E-state index in [1.807, 2.05) is 41.4 Å². The summed E-state index contributed by atoms with van der Waals surface area (Å²) >= 11 is 0. The molecule has 0 radical (unpaired) electrons. The molecule has 2 aromatic heterocycles. The maximum Gasteiger partial charge on any atom is 0.207 e. The lowest BCUT2D eigenvalue weighted by Crippen LogP contribution is -2.08. The normalized spacial score (nSPS) is 11.4. The molecule has 0 bridgehead atoms. The van der Waals surface area contributed by atoms with Crippen molar-refractivity contribution in [2.24, 2.45) is 7.05 Å². The van der Waals surface area contributed by atoms with Crippen molar-refractivity contribution in [3.8, 4) is 5.69 Å². The molecule has 6 nitrogen and oxygen atoms in total. The Morgan fingerprint density at radius 3 is 2.81 bits per heavy atom. The Labute approximate surface area is 123 Å². The number of anilines is 1. The van der Waals surface area contributed by atoms with Crippen molar-refractivity contribution in [2.75, 3.05) is 19.5 Å². The third kappa shape index (κ3) is 2.17. The van der Waals surface area contributed by atoms with Crippen LogP contribution in [0.25, 0.3) is 16.9 Å². The Bertz CT molecular complexity index is 787. The first kappa shape index (κ1) is 13.6. The van der Waals surface area contributed by atoms with E-state index in [2.05, 4.69) is 16.1 Å². The fourth-order valence-electron chi connectivity index (χ4n) is 2.68. The number of nitrogens with two attached hydrogens (primary N) is 1. The number of hydrogen-bond donors (Lipinski definition) is 1. The number of aromatic nitrogens is 4. The average molecular weight is 285 g/mol. The minimum absolute atomic E-state index is 0.478. The van der Waals surface area contributed by atoms with Gasteiger partial charge in [-0.1, -0.05) is 18.2 Å². The minimum atomic E-state index is 0.478. The smallest absolute Gasteiger partial charge is 0.207 e. The van der Waals surface area contributed by atoms with E-state index < -0.39 is 0 Å². The van der Waals surface area contributed by atoms with Gasteiger partial charge in [0.2, 0.25) is 5.95 Å². The second kappa shape index (κ2) is 5.21. The number of fused-ring (bicyclic) bond motifs is 1. The molecule has 110 valence electrons. The van der Waals surface area contributed by atoms with Crippen LogP contribution in [0.2, 0.25) is 0 Å². The molecule has 0 saturated carbocycles. The third-order valence-corrected chi connectivity index (χ3v) is 3.64. The molecule has 0 saturated heterocycles. The number of nitrogen functional groups attached to an aromatic ring is 1. The number of rotatable bonds is 4. The van der Waals surface area contributed by atoms with Crippen LogP contribution in [0.3, 0.4) is 0 Å². The Balaban J connectivity index is 2.23. The number of nitrogens with zero attached hydrogens (tertiary/aromatic N) is 4. The lowest BCUT2D eigenvalue weighted by molar-refractivity contribution is 0.202. The van der Waals surface area contributed by atoms with Crippen molar-refractivity contribution in [1.82, 2.24) is 19.3 Å². The van der Waals surface area contributed by atoms with E-state index in [9.17, 15) is 0 Å². The van der Waals surface area contributed by atoms with Crippen molar-refractivity contribution in [3.05, 3.63) is 35.5 Å². The number of ether oxygens (including phenoxy) is 1. The monoisotopic (exact) mass is 285 g/mol. The number of aryl methyl sites for hydroxylation is 2. The van der Waals surface area contributed by atoms with Crippen molar-refractivity contribution in [1.29, 1.82) is 0 Å². The van der Waals surface area contributed by atoms with Crippen LogP contribution in [0.1, 0.15) is 11.3 Å². The topological polar surface area (TPSA) is 70.9 Å². The van der Waals surface area contributed by atoms with E-state index >= 15 is 0 Å². The van der Waals surface area contributed by atoms with E-state index in [0.29, 0.717) is 12.6 Å². The van der Waals surface area contributed by atoms with E-state index in [-0.39, 0.29) is 0 Å². The quantitative estimate of drug-likeness (QED) is 0.794. The molecular formula is C15H19N5O. The summed E-state index contributed by atoms with van der Waals surface area (Å²) in [6.45, 7) is 2.61. The first-order valence-electron chi connectivity index (χ1n) is 6.88. The predicted molar refractivity (Wildman–Crippen MR) is 82.6 cm³/mol. The van der Waals surface area contributed by atoms with Crippen molar-refractivity contribution in [2.45, 2.75) is 13.3 Å². The van der Waals surface area contributed by atoms with Gasteiger partial charge in [-0.3, -0.25) is 4.57 Å². The van der Waals surface area contributed by atoms with Crippen LogP contribution in [-0.2, 0) is 18.2 Å². The first-order valence-corrected chi connectivity index (χ1v) is 6.88. The van der Waals surface area contributed by atoms with Crippen molar-refractivity contribution < 1.29 is 4.74 Å². The highest BCUT2D eigenvalue weighted by Gasteiger charge is 2.18. The zero-order valence-electron chi connectivity index (χ0n) is 12.5. The Morgan fingerprint density at radius 1 is 1.29 bits per heavy atom. The molecule has 0 aliphatic heterocycles. The van der Waals surface area contributed by atoms with Gasteiger partial charge in [-0.15, -0.1) is 0 Å². The molecule has 0 spiro atoms. The van der Waals surface area contributed by atoms with Gasteiger partial charge in [-0.05, 0) is 25.0 Å². The third-order valence-electron chi connectivity index (χ3n) is 3.64. The largest absolute Gasteiger partial charge is 0.384 e. The summed E-state index contributed by atoms with van der Waals surface area (Å²) in [4.78, 5) is 4.46. The van der Waals surface area contributed by atoms with Gasteiger partial charge in [0.15, 0.2) is 5.65 Å². The Hall–Kier alpha value is -2.34. The molecule has 1 aromatic carbocycles. The molecule has 2 N–H and O–H groups in total. The highest BCUT2D eigenvalue weighted by molar-refractivity contribution is 5.80. The summed E-state index contributed by atoms with van der Waals surface area (Å²) < 4.78 is 8.97. The van der Waals surface area contributed by atoms with Crippen LogP contribution in [0.4, 0.5) is 5.95 Å². The second-order valence-electron chi connectivity index (χ2n) is 5.06. The maximum absolute atomic E-state index is 6.14. The van der Waals surface area contributed by atoms with Crippen molar-refractivity contribution in [3.63, 3.8) is 0 Å². The second-order valence-corrected chi connectivity index (χ2v) is 5.06. The molecule has 0 atom stereocenters. The van der Waals surface area contributed by atoms with Crippen molar-refractivity contribution >= 4 is 17.1 Å².